The fourth-order valence-corrected chi connectivity index (χ4v) is 2.17. The highest BCUT2D eigenvalue weighted by atomic mass is 16.5. The monoisotopic (exact) mass is 184 g/mol. The quantitative estimate of drug-likeness (QED) is 0.607. The lowest BCUT2D eigenvalue weighted by atomic mass is 10.2. The first-order valence-electron chi connectivity index (χ1n) is 5.54. The van der Waals surface area contributed by atoms with Gasteiger partial charge < -0.3 is 4.74 Å². The molecule has 0 amide bonds. The van der Waals surface area contributed by atoms with Crippen LogP contribution in [0.5, 0.6) is 0 Å². The molecule has 2 aliphatic heterocycles. The Balaban J connectivity index is 1.82. The van der Waals surface area contributed by atoms with Gasteiger partial charge in [0, 0.05) is 26.2 Å². The molecule has 2 heterocycles. The predicted molar refractivity (Wildman–Crippen MR) is 52.4 cm³/mol. The highest BCUT2D eigenvalue weighted by Crippen LogP contribution is 2.12. The molecule has 0 aliphatic carbocycles. The van der Waals surface area contributed by atoms with Crippen molar-refractivity contribution in [3.8, 4) is 0 Å². The summed E-state index contributed by atoms with van der Waals surface area (Å²) in [5.74, 6) is 0. The zero-order chi connectivity index (χ0) is 8.93. The molecule has 13 heavy (non-hydrogen) atoms. The molecule has 0 N–H and O–H groups in total. The number of hydrazine groups is 1. The van der Waals surface area contributed by atoms with Crippen molar-refractivity contribution >= 4 is 0 Å². The lowest BCUT2D eigenvalue weighted by Crippen LogP contribution is -2.49. The number of ether oxygens (including phenoxy) is 1. The van der Waals surface area contributed by atoms with Gasteiger partial charge >= 0.3 is 0 Å². The normalized spacial score (nSPS) is 28.6. The minimum atomic E-state index is 0.913. The Bertz CT molecular complexity index is 138. The van der Waals surface area contributed by atoms with Crippen LogP contribution >= 0.6 is 0 Å². The number of hydrogen-bond donors (Lipinski definition) is 0. The van der Waals surface area contributed by atoms with Crippen molar-refractivity contribution in [2.45, 2.75) is 25.7 Å². The van der Waals surface area contributed by atoms with Crippen molar-refractivity contribution < 1.29 is 4.74 Å². The van der Waals surface area contributed by atoms with Crippen molar-refractivity contribution in [2.24, 2.45) is 0 Å². The standard InChI is InChI=1S/C10H20N2O/c1-2-4-6-11(5-3-1)12-7-9-13-10-8-12/h1-10H2. The fraction of sp³-hybridized carbons (Fsp3) is 1.00. The van der Waals surface area contributed by atoms with E-state index in [2.05, 4.69) is 10.0 Å². The van der Waals surface area contributed by atoms with Gasteiger partial charge in [-0.25, -0.2) is 10.0 Å². The summed E-state index contributed by atoms with van der Waals surface area (Å²) < 4.78 is 5.35. The second-order valence-electron chi connectivity index (χ2n) is 3.93. The van der Waals surface area contributed by atoms with Crippen molar-refractivity contribution in [2.75, 3.05) is 39.4 Å². The Morgan fingerprint density at radius 3 is 1.77 bits per heavy atom. The summed E-state index contributed by atoms with van der Waals surface area (Å²) in [5, 5.41) is 5.02. The second kappa shape index (κ2) is 4.94. The average Bonchev–Trinajstić information content (AvgIpc) is 2.47. The molecule has 2 saturated heterocycles. The third kappa shape index (κ3) is 2.66. The van der Waals surface area contributed by atoms with Crippen molar-refractivity contribution in [1.82, 2.24) is 10.0 Å². The molecule has 2 aliphatic rings. The molecule has 76 valence electrons. The van der Waals surface area contributed by atoms with E-state index < -0.39 is 0 Å². The third-order valence-corrected chi connectivity index (χ3v) is 2.97. The number of rotatable bonds is 1. The molecule has 0 saturated carbocycles. The molecule has 0 unspecified atom stereocenters. The first kappa shape index (κ1) is 9.44. The summed E-state index contributed by atoms with van der Waals surface area (Å²) in [6, 6.07) is 0. The van der Waals surface area contributed by atoms with Crippen LogP contribution in [0.4, 0.5) is 0 Å². The van der Waals surface area contributed by atoms with E-state index in [-0.39, 0.29) is 0 Å². The topological polar surface area (TPSA) is 15.7 Å². The molecular weight excluding hydrogens is 164 g/mol. The van der Waals surface area contributed by atoms with Gasteiger partial charge in [-0.3, -0.25) is 0 Å². The Kier molecular flexibility index (Phi) is 3.58. The van der Waals surface area contributed by atoms with Gasteiger partial charge in [0.1, 0.15) is 0 Å². The van der Waals surface area contributed by atoms with Crippen LogP contribution < -0.4 is 0 Å². The Labute approximate surface area is 80.6 Å². The van der Waals surface area contributed by atoms with Crippen molar-refractivity contribution in [3.05, 3.63) is 0 Å². The van der Waals surface area contributed by atoms with Crippen LogP contribution in [0.3, 0.4) is 0 Å². The van der Waals surface area contributed by atoms with Gasteiger partial charge in [0.25, 0.3) is 0 Å². The van der Waals surface area contributed by atoms with Gasteiger partial charge in [-0.2, -0.15) is 0 Å². The van der Waals surface area contributed by atoms with Crippen LogP contribution in [-0.2, 0) is 4.74 Å². The van der Waals surface area contributed by atoms with Gasteiger partial charge in [0.05, 0.1) is 13.2 Å². The first-order chi connectivity index (χ1) is 6.47. The maximum absolute atomic E-state index is 5.35. The van der Waals surface area contributed by atoms with Crippen LogP contribution in [0.1, 0.15) is 25.7 Å². The Morgan fingerprint density at radius 1 is 0.615 bits per heavy atom. The van der Waals surface area contributed by atoms with E-state index in [1.165, 1.54) is 38.8 Å². The van der Waals surface area contributed by atoms with Crippen LogP contribution in [0, 0.1) is 0 Å². The van der Waals surface area contributed by atoms with Crippen LogP contribution in [-0.4, -0.2) is 49.4 Å². The molecule has 0 aromatic rings. The molecule has 0 radical (unpaired) electrons. The molecule has 3 heteroatoms. The lowest BCUT2D eigenvalue weighted by Gasteiger charge is -2.36. The predicted octanol–water partition coefficient (Wildman–Crippen LogP) is 1.11. The van der Waals surface area contributed by atoms with Gasteiger partial charge in [0.2, 0.25) is 0 Å². The van der Waals surface area contributed by atoms with E-state index in [4.69, 9.17) is 4.74 Å². The molecule has 0 atom stereocenters. The Hall–Kier alpha value is -0.120. The van der Waals surface area contributed by atoms with Gasteiger partial charge in [0.15, 0.2) is 0 Å². The summed E-state index contributed by atoms with van der Waals surface area (Å²) in [6.07, 6.45) is 5.58. The van der Waals surface area contributed by atoms with E-state index in [1.807, 2.05) is 0 Å². The minimum absolute atomic E-state index is 0.913. The summed E-state index contributed by atoms with van der Waals surface area (Å²) in [6.45, 7) is 6.55. The number of nitrogens with zero attached hydrogens (tertiary/aromatic N) is 2. The maximum atomic E-state index is 5.35. The maximum Gasteiger partial charge on any atom is 0.0608 e. The fourth-order valence-electron chi connectivity index (χ4n) is 2.17. The smallest absolute Gasteiger partial charge is 0.0608 e. The van der Waals surface area contributed by atoms with Gasteiger partial charge in [-0.15, -0.1) is 0 Å². The highest BCUT2D eigenvalue weighted by Gasteiger charge is 2.18. The number of hydrogen-bond acceptors (Lipinski definition) is 3. The molecule has 0 aromatic heterocycles. The zero-order valence-electron chi connectivity index (χ0n) is 8.37. The first-order valence-corrected chi connectivity index (χ1v) is 5.54. The summed E-state index contributed by atoms with van der Waals surface area (Å²) in [7, 11) is 0. The van der Waals surface area contributed by atoms with Gasteiger partial charge in [-0.05, 0) is 12.8 Å². The molecule has 2 fully saturated rings. The molecule has 3 nitrogen and oxygen atoms in total. The zero-order valence-corrected chi connectivity index (χ0v) is 8.37. The van der Waals surface area contributed by atoms with Crippen LogP contribution in [0.25, 0.3) is 0 Å². The molecule has 2 rings (SSSR count). The molecule has 0 aromatic carbocycles. The van der Waals surface area contributed by atoms with E-state index in [1.54, 1.807) is 0 Å². The van der Waals surface area contributed by atoms with E-state index in [0.29, 0.717) is 0 Å². The second-order valence-corrected chi connectivity index (χ2v) is 3.93. The largest absolute Gasteiger partial charge is 0.379 e. The van der Waals surface area contributed by atoms with Crippen LogP contribution in [0.2, 0.25) is 0 Å². The Morgan fingerprint density at radius 2 is 1.15 bits per heavy atom. The molecule has 0 spiro atoms. The van der Waals surface area contributed by atoms with Gasteiger partial charge in [-0.1, -0.05) is 12.8 Å². The van der Waals surface area contributed by atoms with E-state index in [0.717, 1.165) is 26.3 Å². The summed E-state index contributed by atoms with van der Waals surface area (Å²) >= 11 is 0. The van der Waals surface area contributed by atoms with Crippen LogP contribution in [0.15, 0.2) is 0 Å². The van der Waals surface area contributed by atoms with Crippen molar-refractivity contribution in [3.63, 3.8) is 0 Å². The average molecular weight is 184 g/mol. The minimum Gasteiger partial charge on any atom is -0.379 e. The van der Waals surface area contributed by atoms with E-state index in [9.17, 15) is 0 Å². The molecule has 0 bridgehead atoms. The number of morpholine rings is 1. The van der Waals surface area contributed by atoms with E-state index >= 15 is 0 Å². The lowest BCUT2D eigenvalue weighted by molar-refractivity contribution is -0.0882. The third-order valence-electron chi connectivity index (χ3n) is 2.97. The summed E-state index contributed by atoms with van der Waals surface area (Å²) in [5.41, 5.74) is 0. The molecular formula is C10H20N2O. The SMILES string of the molecule is C1CCCN(N2CCOCC2)CC1. The van der Waals surface area contributed by atoms with Crippen molar-refractivity contribution in [1.29, 1.82) is 0 Å². The highest BCUT2D eigenvalue weighted by molar-refractivity contribution is 4.65. The summed E-state index contributed by atoms with van der Waals surface area (Å²) in [4.78, 5) is 0.